The third-order valence-electron chi connectivity index (χ3n) is 2.65. The van der Waals surface area contributed by atoms with Crippen molar-refractivity contribution >= 4 is 17.9 Å². The molecule has 0 bridgehead atoms. The first-order valence-electron chi connectivity index (χ1n) is 7.64. The van der Waals surface area contributed by atoms with E-state index in [4.69, 9.17) is 14.2 Å². The van der Waals surface area contributed by atoms with Crippen LogP contribution in [0.4, 0.5) is 4.79 Å². The number of hydrogen-bond acceptors (Lipinski definition) is 6. The molecule has 8 nitrogen and oxygen atoms in total. The minimum Gasteiger partial charge on any atom is -0.490 e. The van der Waals surface area contributed by atoms with E-state index in [1.807, 2.05) is 19.2 Å². The maximum atomic E-state index is 11.6. The van der Waals surface area contributed by atoms with E-state index >= 15 is 0 Å². The van der Waals surface area contributed by atoms with E-state index < -0.39 is 24.5 Å². The van der Waals surface area contributed by atoms with Gasteiger partial charge in [-0.25, -0.2) is 9.59 Å². The summed E-state index contributed by atoms with van der Waals surface area (Å²) in [4.78, 5) is 34.2. The average molecular weight is 338 g/mol. The van der Waals surface area contributed by atoms with Crippen LogP contribution in [0.25, 0.3) is 0 Å². The molecule has 0 aliphatic carbocycles. The van der Waals surface area contributed by atoms with E-state index in [2.05, 4.69) is 5.32 Å². The molecule has 0 unspecified atom stereocenters. The highest BCUT2D eigenvalue weighted by atomic mass is 16.6. The summed E-state index contributed by atoms with van der Waals surface area (Å²) in [5.41, 5.74) is 0. The van der Waals surface area contributed by atoms with Crippen molar-refractivity contribution in [3.63, 3.8) is 0 Å². The Morgan fingerprint density at radius 2 is 1.67 bits per heavy atom. The summed E-state index contributed by atoms with van der Waals surface area (Å²) < 4.78 is 15.4. The summed E-state index contributed by atoms with van der Waals surface area (Å²) in [7, 11) is 0. The molecule has 0 radical (unpaired) electrons. The lowest BCUT2D eigenvalue weighted by Crippen LogP contribution is -2.41. The molecule has 0 aliphatic rings. The monoisotopic (exact) mass is 338 g/mol. The van der Waals surface area contributed by atoms with Gasteiger partial charge in [0.1, 0.15) is 0 Å². The van der Waals surface area contributed by atoms with Crippen molar-refractivity contribution in [1.82, 2.24) is 10.6 Å². The molecule has 0 aliphatic heterocycles. The fourth-order valence-electron chi connectivity index (χ4n) is 1.61. The van der Waals surface area contributed by atoms with Crippen LogP contribution in [0.5, 0.6) is 11.5 Å². The van der Waals surface area contributed by atoms with Gasteiger partial charge in [0.25, 0.3) is 5.91 Å². The molecular formula is C16H22N2O6. The molecule has 0 spiro atoms. The molecule has 132 valence electrons. The number of rotatable bonds is 9. The van der Waals surface area contributed by atoms with Crippen LogP contribution in [0, 0.1) is 0 Å². The van der Waals surface area contributed by atoms with E-state index in [9.17, 15) is 14.4 Å². The topological polar surface area (TPSA) is 103 Å². The number of nitrogens with one attached hydrogen (secondary N) is 2. The molecular weight excluding hydrogens is 316 g/mol. The van der Waals surface area contributed by atoms with Gasteiger partial charge in [-0.15, -0.1) is 0 Å². The first-order valence-corrected chi connectivity index (χ1v) is 7.64. The van der Waals surface area contributed by atoms with Crippen molar-refractivity contribution in [2.45, 2.75) is 20.3 Å². The van der Waals surface area contributed by atoms with Crippen LogP contribution >= 0.6 is 0 Å². The second-order valence-corrected chi connectivity index (χ2v) is 4.63. The molecule has 1 rings (SSSR count). The number of imide groups is 1. The zero-order chi connectivity index (χ0) is 17.8. The van der Waals surface area contributed by atoms with E-state index in [1.54, 1.807) is 24.3 Å². The van der Waals surface area contributed by atoms with Gasteiger partial charge in [0, 0.05) is 6.54 Å². The Labute approximate surface area is 140 Å². The number of benzene rings is 1. The summed E-state index contributed by atoms with van der Waals surface area (Å²) >= 11 is 0. The highest BCUT2D eigenvalue weighted by Crippen LogP contribution is 2.26. The van der Waals surface area contributed by atoms with Crippen LogP contribution in [-0.4, -0.2) is 44.3 Å². The molecule has 0 aromatic heterocycles. The summed E-state index contributed by atoms with van der Waals surface area (Å²) in [6.45, 7) is 3.69. The second-order valence-electron chi connectivity index (χ2n) is 4.63. The van der Waals surface area contributed by atoms with Gasteiger partial charge in [0.05, 0.1) is 6.61 Å². The van der Waals surface area contributed by atoms with Crippen LogP contribution in [0.3, 0.4) is 0 Å². The third kappa shape index (κ3) is 7.48. The molecule has 0 saturated heterocycles. The van der Waals surface area contributed by atoms with Crippen LogP contribution in [0.1, 0.15) is 20.3 Å². The van der Waals surface area contributed by atoms with Crippen LogP contribution in [0.2, 0.25) is 0 Å². The lowest BCUT2D eigenvalue weighted by molar-refractivity contribution is -0.150. The maximum absolute atomic E-state index is 11.6. The van der Waals surface area contributed by atoms with Gasteiger partial charge in [-0.2, -0.15) is 0 Å². The lowest BCUT2D eigenvalue weighted by atomic mass is 10.3. The summed E-state index contributed by atoms with van der Waals surface area (Å²) in [5, 5.41) is 4.51. The van der Waals surface area contributed by atoms with Gasteiger partial charge >= 0.3 is 12.0 Å². The van der Waals surface area contributed by atoms with Gasteiger partial charge in [-0.1, -0.05) is 19.1 Å². The minimum absolute atomic E-state index is 0.376. The fourth-order valence-corrected chi connectivity index (χ4v) is 1.61. The molecule has 1 aromatic rings. The Morgan fingerprint density at radius 1 is 1.00 bits per heavy atom. The number of carbonyl (C=O) groups is 3. The SMILES string of the molecule is CCCNC(=O)NC(=O)COC(=O)COc1ccccc1OCC. The first kappa shape index (κ1) is 19.3. The molecule has 0 fully saturated rings. The zero-order valence-electron chi connectivity index (χ0n) is 13.8. The van der Waals surface area contributed by atoms with Gasteiger partial charge in [0.15, 0.2) is 24.7 Å². The predicted molar refractivity (Wildman–Crippen MR) is 85.9 cm³/mol. The highest BCUT2D eigenvalue weighted by molar-refractivity contribution is 5.95. The van der Waals surface area contributed by atoms with Gasteiger partial charge < -0.3 is 19.5 Å². The van der Waals surface area contributed by atoms with E-state index in [-0.39, 0.29) is 6.61 Å². The number of amides is 3. The summed E-state index contributed by atoms with van der Waals surface area (Å²) in [6, 6.07) is 6.27. The number of urea groups is 1. The van der Waals surface area contributed by atoms with Crippen molar-refractivity contribution in [3.05, 3.63) is 24.3 Å². The predicted octanol–water partition coefficient (Wildman–Crippen LogP) is 1.24. The van der Waals surface area contributed by atoms with Crippen LogP contribution in [0.15, 0.2) is 24.3 Å². The normalized spacial score (nSPS) is 9.75. The number of para-hydroxylation sites is 2. The van der Waals surface area contributed by atoms with Crippen molar-refractivity contribution in [2.75, 3.05) is 26.4 Å². The number of carbonyl (C=O) groups excluding carboxylic acids is 3. The van der Waals surface area contributed by atoms with Gasteiger partial charge in [-0.3, -0.25) is 10.1 Å². The number of hydrogen-bond donors (Lipinski definition) is 2. The standard InChI is InChI=1S/C16H22N2O6/c1-3-9-17-16(21)18-14(19)10-24-15(20)11-23-13-8-6-5-7-12(13)22-4-2/h5-8H,3-4,9-11H2,1-2H3,(H2,17,18,19,21). The molecule has 0 atom stereocenters. The minimum atomic E-state index is -0.731. The van der Waals surface area contributed by atoms with E-state index in [0.29, 0.717) is 24.7 Å². The Balaban J connectivity index is 2.32. The molecule has 8 heteroatoms. The van der Waals surface area contributed by atoms with Crippen molar-refractivity contribution in [2.24, 2.45) is 0 Å². The third-order valence-corrected chi connectivity index (χ3v) is 2.65. The highest BCUT2D eigenvalue weighted by Gasteiger charge is 2.12. The smallest absolute Gasteiger partial charge is 0.344 e. The Hall–Kier alpha value is -2.77. The van der Waals surface area contributed by atoms with Gasteiger partial charge in [-0.05, 0) is 25.5 Å². The van der Waals surface area contributed by atoms with E-state index in [1.165, 1.54) is 0 Å². The molecule has 24 heavy (non-hydrogen) atoms. The Kier molecular flexibility index (Phi) is 8.73. The first-order chi connectivity index (χ1) is 11.6. The second kappa shape index (κ2) is 10.9. The van der Waals surface area contributed by atoms with Crippen LogP contribution in [-0.2, 0) is 14.3 Å². The molecule has 1 aromatic carbocycles. The van der Waals surface area contributed by atoms with Crippen molar-refractivity contribution in [3.8, 4) is 11.5 Å². The number of ether oxygens (including phenoxy) is 3. The molecule has 0 saturated carbocycles. The summed E-state index contributed by atoms with van der Waals surface area (Å²) in [5.74, 6) is -0.532. The molecule has 0 heterocycles. The Bertz CT molecular complexity index is 561. The van der Waals surface area contributed by atoms with Crippen molar-refractivity contribution < 1.29 is 28.6 Å². The lowest BCUT2D eigenvalue weighted by Gasteiger charge is -2.11. The van der Waals surface area contributed by atoms with Gasteiger partial charge in [0.2, 0.25) is 0 Å². The summed E-state index contributed by atoms with van der Waals surface area (Å²) in [6.07, 6.45) is 0.747. The van der Waals surface area contributed by atoms with E-state index in [0.717, 1.165) is 6.42 Å². The largest absolute Gasteiger partial charge is 0.490 e. The quantitative estimate of drug-likeness (QED) is 0.657. The average Bonchev–Trinajstić information content (AvgIpc) is 2.57. The maximum Gasteiger partial charge on any atom is 0.344 e. The fraction of sp³-hybridized carbons (Fsp3) is 0.438. The van der Waals surface area contributed by atoms with Crippen molar-refractivity contribution in [1.29, 1.82) is 0 Å². The molecule has 2 N–H and O–H groups in total. The Morgan fingerprint density at radius 3 is 2.29 bits per heavy atom. The zero-order valence-corrected chi connectivity index (χ0v) is 13.8. The molecule has 3 amide bonds. The number of esters is 1. The van der Waals surface area contributed by atoms with Crippen LogP contribution < -0.4 is 20.1 Å².